The summed E-state index contributed by atoms with van der Waals surface area (Å²) in [6, 6.07) is 0. The van der Waals surface area contributed by atoms with Gasteiger partial charge >= 0.3 is 0 Å². The van der Waals surface area contributed by atoms with Crippen molar-refractivity contribution in [2.45, 2.75) is 52.9 Å². The van der Waals surface area contributed by atoms with Crippen LogP contribution in [-0.2, 0) is 9.53 Å². The number of carbonyl (C=O) groups is 1. The van der Waals surface area contributed by atoms with Gasteiger partial charge in [-0.2, -0.15) is 0 Å². The molecule has 0 aliphatic heterocycles. The third kappa shape index (κ3) is 9.07. The molecule has 0 aromatic carbocycles. The monoisotopic (exact) mass is 319 g/mol. The zero-order valence-electron chi connectivity index (χ0n) is 15.1. The van der Waals surface area contributed by atoms with Crippen LogP contribution in [0.5, 0.6) is 0 Å². The van der Waals surface area contributed by atoms with Crippen molar-refractivity contribution in [3.63, 3.8) is 0 Å². The van der Waals surface area contributed by atoms with Crippen molar-refractivity contribution in [3.8, 4) is 0 Å². The highest BCUT2D eigenvalue weighted by Gasteiger charge is 2.19. The summed E-state index contributed by atoms with van der Waals surface area (Å²) in [5.74, 6) is 1.53. The molecule has 2 unspecified atom stereocenters. The summed E-state index contributed by atoms with van der Waals surface area (Å²) in [5.41, 5.74) is 5.91. The molecule has 0 spiro atoms. The topological polar surface area (TPSA) is 52.3 Å². The van der Waals surface area contributed by atoms with Gasteiger partial charge in [-0.1, -0.05) is 44.6 Å². The van der Waals surface area contributed by atoms with E-state index in [1.165, 1.54) is 19.0 Å². The predicted molar refractivity (Wildman–Crippen MR) is 98.8 cm³/mol. The summed E-state index contributed by atoms with van der Waals surface area (Å²) in [7, 11) is 1.69. The molecule has 0 fully saturated rings. The standard InChI is InChI=1S/C20H33NO2/c1-5-7-8-9-10-11-12-17(3)19(20(6-2)23-4)14-13-18(15-21)16-22/h6-8,13-17,19H,5,9-12,21H2,1-4H3/b8-7-,14-13+,18-15+,20-6+. The highest BCUT2D eigenvalue weighted by atomic mass is 16.5. The summed E-state index contributed by atoms with van der Waals surface area (Å²) >= 11 is 0. The van der Waals surface area contributed by atoms with Gasteiger partial charge in [0.25, 0.3) is 0 Å². The average Bonchev–Trinajstić information content (AvgIpc) is 2.57. The zero-order chi connectivity index (χ0) is 17.5. The summed E-state index contributed by atoms with van der Waals surface area (Å²) in [6.45, 7) is 6.36. The van der Waals surface area contributed by atoms with Crippen molar-refractivity contribution < 1.29 is 9.53 Å². The van der Waals surface area contributed by atoms with Gasteiger partial charge in [0.1, 0.15) is 0 Å². The third-order valence-electron chi connectivity index (χ3n) is 3.97. The van der Waals surface area contributed by atoms with E-state index in [-0.39, 0.29) is 5.92 Å². The van der Waals surface area contributed by atoms with Crippen LogP contribution >= 0.6 is 0 Å². The zero-order valence-corrected chi connectivity index (χ0v) is 15.1. The van der Waals surface area contributed by atoms with E-state index in [0.29, 0.717) is 11.5 Å². The molecule has 23 heavy (non-hydrogen) atoms. The van der Waals surface area contributed by atoms with Gasteiger partial charge in [0.15, 0.2) is 6.29 Å². The SMILES string of the molecule is C/C=C(/OC)C(/C=C/C(C=O)=C\N)C(C)CCCC/C=C\CC. The highest BCUT2D eigenvalue weighted by Crippen LogP contribution is 2.27. The van der Waals surface area contributed by atoms with E-state index in [1.54, 1.807) is 13.2 Å². The van der Waals surface area contributed by atoms with Crippen molar-refractivity contribution in [3.05, 3.63) is 47.9 Å². The Morgan fingerprint density at radius 1 is 1.26 bits per heavy atom. The molecule has 0 bridgehead atoms. The molecule has 3 nitrogen and oxygen atoms in total. The molecule has 0 aliphatic rings. The molecule has 0 saturated carbocycles. The van der Waals surface area contributed by atoms with E-state index >= 15 is 0 Å². The van der Waals surface area contributed by atoms with Crippen LogP contribution in [0.25, 0.3) is 0 Å². The highest BCUT2D eigenvalue weighted by molar-refractivity contribution is 5.77. The van der Waals surface area contributed by atoms with Gasteiger partial charge in [0.05, 0.1) is 12.9 Å². The molecule has 0 aromatic rings. The van der Waals surface area contributed by atoms with Crippen LogP contribution in [0.15, 0.2) is 47.9 Å². The Balaban J connectivity index is 4.73. The minimum Gasteiger partial charge on any atom is -0.501 e. The van der Waals surface area contributed by atoms with E-state index in [0.717, 1.165) is 31.3 Å². The van der Waals surface area contributed by atoms with Gasteiger partial charge in [0.2, 0.25) is 0 Å². The first-order valence-electron chi connectivity index (χ1n) is 8.54. The lowest BCUT2D eigenvalue weighted by atomic mass is 9.86. The lowest BCUT2D eigenvalue weighted by Crippen LogP contribution is -2.14. The van der Waals surface area contributed by atoms with Crippen molar-refractivity contribution in [1.29, 1.82) is 0 Å². The van der Waals surface area contributed by atoms with Gasteiger partial charge < -0.3 is 10.5 Å². The van der Waals surface area contributed by atoms with Crippen molar-refractivity contribution in [1.82, 2.24) is 0 Å². The average molecular weight is 319 g/mol. The Bertz CT molecular complexity index is 433. The summed E-state index contributed by atoms with van der Waals surface area (Å²) in [6.07, 6.45) is 18.1. The van der Waals surface area contributed by atoms with Gasteiger partial charge in [-0.25, -0.2) is 0 Å². The van der Waals surface area contributed by atoms with Crippen LogP contribution in [0.2, 0.25) is 0 Å². The molecule has 2 N–H and O–H groups in total. The lowest BCUT2D eigenvalue weighted by molar-refractivity contribution is -0.104. The molecular weight excluding hydrogens is 286 g/mol. The molecule has 0 aliphatic carbocycles. The Hall–Kier alpha value is -1.77. The second-order valence-corrected chi connectivity index (χ2v) is 5.71. The molecule has 0 amide bonds. The number of nitrogens with two attached hydrogens (primary N) is 1. The minimum atomic E-state index is 0.158. The number of unbranched alkanes of at least 4 members (excludes halogenated alkanes) is 2. The first kappa shape index (κ1) is 21.2. The van der Waals surface area contributed by atoms with Crippen LogP contribution < -0.4 is 5.73 Å². The molecule has 0 radical (unpaired) electrons. The molecule has 2 atom stereocenters. The number of hydrogen-bond acceptors (Lipinski definition) is 3. The van der Waals surface area contributed by atoms with E-state index in [2.05, 4.69) is 26.0 Å². The van der Waals surface area contributed by atoms with Crippen LogP contribution in [0.4, 0.5) is 0 Å². The molecule has 0 heterocycles. The summed E-state index contributed by atoms with van der Waals surface area (Å²) < 4.78 is 5.50. The third-order valence-corrected chi connectivity index (χ3v) is 3.97. The normalized spacial score (nSPS) is 16.0. The first-order chi connectivity index (χ1) is 11.1. The quantitative estimate of drug-likeness (QED) is 0.139. The van der Waals surface area contributed by atoms with E-state index in [1.807, 2.05) is 19.1 Å². The van der Waals surface area contributed by atoms with E-state index in [4.69, 9.17) is 10.5 Å². The Morgan fingerprint density at radius 2 is 2.00 bits per heavy atom. The molecule has 0 aromatic heterocycles. The number of allylic oxidation sites excluding steroid dienone is 6. The Kier molecular flexibility index (Phi) is 12.8. The Morgan fingerprint density at radius 3 is 2.52 bits per heavy atom. The summed E-state index contributed by atoms with van der Waals surface area (Å²) in [5, 5.41) is 0. The molecule has 0 rings (SSSR count). The number of hydrogen-bond donors (Lipinski definition) is 1. The smallest absolute Gasteiger partial charge is 0.151 e. The Labute approximate surface area is 142 Å². The van der Waals surface area contributed by atoms with Crippen LogP contribution in [0.1, 0.15) is 52.9 Å². The maximum absolute atomic E-state index is 10.9. The maximum Gasteiger partial charge on any atom is 0.151 e. The second kappa shape index (κ2) is 13.9. The first-order valence-corrected chi connectivity index (χ1v) is 8.54. The van der Waals surface area contributed by atoms with Crippen LogP contribution in [0, 0.1) is 11.8 Å². The fourth-order valence-electron chi connectivity index (χ4n) is 2.55. The maximum atomic E-state index is 10.9. The van der Waals surface area contributed by atoms with E-state index < -0.39 is 0 Å². The fraction of sp³-hybridized carbons (Fsp3) is 0.550. The van der Waals surface area contributed by atoms with Crippen molar-refractivity contribution in [2.24, 2.45) is 17.6 Å². The molecule has 0 saturated heterocycles. The van der Waals surface area contributed by atoms with Crippen molar-refractivity contribution >= 4 is 6.29 Å². The van der Waals surface area contributed by atoms with Gasteiger partial charge in [-0.3, -0.25) is 4.79 Å². The number of rotatable bonds is 12. The minimum absolute atomic E-state index is 0.158. The number of aldehydes is 1. The second-order valence-electron chi connectivity index (χ2n) is 5.71. The molecular formula is C20H33NO2. The van der Waals surface area contributed by atoms with Crippen LogP contribution in [0.3, 0.4) is 0 Å². The van der Waals surface area contributed by atoms with Crippen LogP contribution in [-0.4, -0.2) is 13.4 Å². The fourth-order valence-corrected chi connectivity index (χ4v) is 2.55. The predicted octanol–water partition coefficient (Wildman–Crippen LogP) is 4.91. The largest absolute Gasteiger partial charge is 0.501 e. The summed E-state index contributed by atoms with van der Waals surface area (Å²) in [4.78, 5) is 10.9. The number of ether oxygens (including phenoxy) is 1. The van der Waals surface area contributed by atoms with Gasteiger partial charge in [-0.15, -0.1) is 0 Å². The molecule has 3 heteroatoms. The number of carbonyl (C=O) groups excluding carboxylic acids is 1. The van der Waals surface area contributed by atoms with Crippen molar-refractivity contribution in [2.75, 3.05) is 7.11 Å². The van der Waals surface area contributed by atoms with Gasteiger partial charge in [-0.05, 0) is 44.6 Å². The molecule has 130 valence electrons. The van der Waals surface area contributed by atoms with Gasteiger partial charge in [0, 0.05) is 17.7 Å². The lowest BCUT2D eigenvalue weighted by Gasteiger charge is -2.23. The van der Waals surface area contributed by atoms with E-state index in [9.17, 15) is 4.79 Å². The number of methoxy groups -OCH3 is 1.